The average molecular weight is 420 g/mol. The maximum Gasteiger partial charge on any atom is 0.268 e. The maximum atomic E-state index is 12.8. The van der Waals surface area contributed by atoms with Crippen LogP contribution in [-0.2, 0) is 13.2 Å². The van der Waals surface area contributed by atoms with Gasteiger partial charge in [0.25, 0.3) is 5.91 Å². The summed E-state index contributed by atoms with van der Waals surface area (Å²) in [7, 11) is 0. The lowest BCUT2D eigenvalue weighted by molar-refractivity contribution is 0.102. The van der Waals surface area contributed by atoms with Crippen LogP contribution in [0.3, 0.4) is 0 Å². The Morgan fingerprint density at radius 3 is 2.77 bits per heavy atom. The Bertz CT molecular complexity index is 1190. The smallest absolute Gasteiger partial charge is 0.268 e. The Balaban J connectivity index is 1.46. The van der Waals surface area contributed by atoms with Crippen LogP contribution in [0.2, 0.25) is 0 Å². The lowest BCUT2D eigenvalue weighted by Crippen LogP contribution is -2.15. The van der Waals surface area contributed by atoms with E-state index in [1.807, 2.05) is 47.8 Å². The molecular formula is C24H25N3O2S. The number of rotatable bonds is 7. The summed E-state index contributed by atoms with van der Waals surface area (Å²) in [6, 6.07) is 15.9. The molecule has 0 radical (unpaired) electrons. The van der Waals surface area contributed by atoms with E-state index < -0.39 is 0 Å². The Morgan fingerprint density at radius 2 is 1.97 bits per heavy atom. The summed E-state index contributed by atoms with van der Waals surface area (Å²) in [5, 5.41) is 4.95. The van der Waals surface area contributed by atoms with Crippen LogP contribution in [-0.4, -0.2) is 15.5 Å². The van der Waals surface area contributed by atoms with Crippen molar-refractivity contribution in [2.45, 2.75) is 40.3 Å². The number of amides is 1. The molecule has 0 unspecified atom stereocenters. The first-order valence-corrected chi connectivity index (χ1v) is 11.0. The molecule has 0 bridgehead atoms. The first kappa shape index (κ1) is 20.2. The van der Waals surface area contributed by atoms with Crippen molar-refractivity contribution in [3.63, 3.8) is 0 Å². The molecule has 0 aliphatic carbocycles. The second-order valence-corrected chi connectivity index (χ2v) is 8.30. The molecule has 0 atom stereocenters. The number of aromatic nitrogens is 2. The molecule has 0 fully saturated rings. The van der Waals surface area contributed by atoms with Gasteiger partial charge in [0, 0.05) is 12.1 Å². The summed E-state index contributed by atoms with van der Waals surface area (Å²) in [4.78, 5) is 18.1. The summed E-state index contributed by atoms with van der Waals surface area (Å²) in [6.45, 7) is 7.50. The first-order valence-electron chi connectivity index (χ1n) is 10.1. The summed E-state index contributed by atoms with van der Waals surface area (Å²) in [5.74, 6) is 1.28. The van der Waals surface area contributed by atoms with Crippen LogP contribution in [0.1, 0.15) is 39.7 Å². The molecule has 0 spiro atoms. The number of hydrogen-bond acceptors (Lipinski definition) is 4. The van der Waals surface area contributed by atoms with Gasteiger partial charge in [0.2, 0.25) is 5.95 Å². The minimum atomic E-state index is -0.148. The minimum Gasteiger partial charge on any atom is -0.489 e. The van der Waals surface area contributed by atoms with Crippen LogP contribution < -0.4 is 10.1 Å². The van der Waals surface area contributed by atoms with Gasteiger partial charge >= 0.3 is 0 Å². The number of aryl methyl sites for hydroxylation is 3. The van der Waals surface area contributed by atoms with Crippen LogP contribution >= 0.6 is 11.3 Å². The van der Waals surface area contributed by atoms with Gasteiger partial charge in [-0.3, -0.25) is 10.1 Å². The standard InChI is InChI=1S/C24H25N3O2S/c1-4-11-27-21-8-6-5-7-20(21)25-24(27)26-23(28)22-13-18(15-30-22)14-29-19-10-9-16(2)17(3)12-19/h5-10,12-13,15H,4,11,14H2,1-3H3,(H,25,26,28). The molecule has 4 aromatic rings. The first-order chi connectivity index (χ1) is 14.5. The highest BCUT2D eigenvalue weighted by molar-refractivity contribution is 7.12. The van der Waals surface area contributed by atoms with Crippen LogP contribution in [0.25, 0.3) is 11.0 Å². The number of nitrogens with zero attached hydrogens (tertiary/aromatic N) is 2. The van der Waals surface area contributed by atoms with E-state index in [1.165, 1.54) is 22.5 Å². The fourth-order valence-electron chi connectivity index (χ4n) is 3.32. The summed E-state index contributed by atoms with van der Waals surface area (Å²) >= 11 is 1.41. The quantitative estimate of drug-likeness (QED) is 0.402. The van der Waals surface area contributed by atoms with Crippen molar-refractivity contribution < 1.29 is 9.53 Å². The largest absolute Gasteiger partial charge is 0.489 e. The third-order valence-electron chi connectivity index (χ3n) is 5.09. The lowest BCUT2D eigenvalue weighted by atomic mass is 10.1. The molecule has 4 rings (SSSR count). The van der Waals surface area contributed by atoms with E-state index in [1.54, 1.807) is 0 Å². The van der Waals surface area contributed by atoms with Gasteiger partial charge in [-0.15, -0.1) is 11.3 Å². The average Bonchev–Trinajstić information content (AvgIpc) is 3.35. The Kier molecular flexibility index (Phi) is 5.86. The van der Waals surface area contributed by atoms with E-state index in [0.29, 0.717) is 17.4 Å². The van der Waals surface area contributed by atoms with E-state index >= 15 is 0 Å². The van der Waals surface area contributed by atoms with Gasteiger partial charge in [-0.25, -0.2) is 4.98 Å². The van der Waals surface area contributed by atoms with Crippen molar-refractivity contribution in [3.8, 4) is 5.75 Å². The van der Waals surface area contributed by atoms with Crippen molar-refractivity contribution in [2.75, 3.05) is 5.32 Å². The number of anilines is 1. The molecule has 154 valence electrons. The molecule has 2 aromatic carbocycles. The number of para-hydroxylation sites is 2. The summed E-state index contributed by atoms with van der Waals surface area (Å²) in [5.41, 5.74) is 5.34. The second-order valence-electron chi connectivity index (χ2n) is 7.38. The van der Waals surface area contributed by atoms with Gasteiger partial charge in [-0.2, -0.15) is 0 Å². The van der Waals surface area contributed by atoms with Crippen LogP contribution in [0.15, 0.2) is 53.9 Å². The van der Waals surface area contributed by atoms with E-state index in [9.17, 15) is 4.79 Å². The third-order valence-corrected chi connectivity index (χ3v) is 6.07. The van der Waals surface area contributed by atoms with E-state index in [0.717, 1.165) is 35.3 Å². The zero-order chi connectivity index (χ0) is 21.1. The number of imidazole rings is 1. The van der Waals surface area contributed by atoms with Crippen molar-refractivity contribution in [3.05, 3.63) is 75.5 Å². The third kappa shape index (κ3) is 4.24. The lowest BCUT2D eigenvalue weighted by Gasteiger charge is -2.08. The number of carbonyl (C=O) groups is 1. The number of carbonyl (C=O) groups excluding carboxylic acids is 1. The molecule has 0 saturated carbocycles. The van der Waals surface area contributed by atoms with Gasteiger partial charge in [-0.1, -0.05) is 25.1 Å². The number of ether oxygens (including phenoxy) is 1. The van der Waals surface area contributed by atoms with E-state index in [-0.39, 0.29) is 5.91 Å². The zero-order valence-corrected chi connectivity index (χ0v) is 18.3. The summed E-state index contributed by atoms with van der Waals surface area (Å²) in [6.07, 6.45) is 0.961. The molecule has 0 aliphatic heterocycles. The van der Waals surface area contributed by atoms with Gasteiger partial charge in [0.05, 0.1) is 15.9 Å². The number of thiophene rings is 1. The Labute approximate surface area is 180 Å². The number of fused-ring (bicyclic) bond motifs is 1. The Hall–Kier alpha value is -3.12. The topological polar surface area (TPSA) is 56.2 Å². The molecule has 0 saturated heterocycles. The Morgan fingerprint density at radius 1 is 1.13 bits per heavy atom. The van der Waals surface area contributed by atoms with Crippen molar-refractivity contribution >= 4 is 34.2 Å². The normalized spacial score (nSPS) is 11.0. The number of nitrogens with one attached hydrogen (secondary N) is 1. The highest BCUT2D eigenvalue weighted by Crippen LogP contribution is 2.23. The fraction of sp³-hybridized carbons (Fsp3) is 0.250. The molecule has 5 nitrogen and oxygen atoms in total. The number of benzene rings is 2. The van der Waals surface area contributed by atoms with Gasteiger partial charge in [0.1, 0.15) is 12.4 Å². The van der Waals surface area contributed by atoms with Gasteiger partial charge in [0.15, 0.2) is 0 Å². The molecular weight excluding hydrogens is 394 g/mol. The predicted octanol–water partition coefficient (Wildman–Crippen LogP) is 5.96. The van der Waals surface area contributed by atoms with E-state index in [4.69, 9.17) is 4.74 Å². The van der Waals surface area contributed by atoms with Crippen molar-refractivity contribution in [1.82, 2.24) is 9.55 Å². The number of hydrogen-bond donors (Lipinski definition) is 1. The molecule has 2 heterocycles. The van der Waals surface area contributed by atoms with E-state index in [2.05, 4.69) is 41.7 Å². The summed E-state index contributed by atoms with van der Waals surface area (Å²) < 4.78 is 7.95. The molecule has 1 N–H and O–H groups in total. The predicted molar refractivity (Wildman–Crippen MR) is 123 cm³/mol. The molecule has 2 aromatic heterocycles. The van der Waals surface area contributed by atoms with Crippen molar-refractivity contribution in [2.24, 2.45) is 0 Å². The fourth-order valence-corrected chi connectivity index (χ4v) is 4.12. The minimum absolute atomic E-state index is 0.148. The maximum absolute atomic E-state index is 12.8. The zero-order valence-electron chi connectivity index (χ0n) is 17.4. The second kappa shape index (κ2) is 8.71. The SMILES string of the molecule is CCCn1c(NC(=O)c2cc(COc3ccc(C)c(C)c3)cs2)nc2ccccc21. The molecule has 0 aliphatic rings. The highest BCUT2D eigenvalue weighted by atomic mass is 32.1. The molecule has 6 heteroatoms. The van der Waals surface area contributed by atoms with Gasteiger partial charge in [-0.05, 0) is 67.1 Å². The highest BCUT2D eigenvalue weighted by Gasteiger charge is 2.15. The van der Waals surface area contributed by atoms with Crippen LogP contribution in [0.5, 0.6) is 5.75 Å². The van der Waals surface area contributed by atoms with Crippen molar-refractivity contribution in [1.29, 1.82) is 0 Å². The monoisotopic (exact) mass is 419 g/mol. The van der Waals surface area contributed by atoms with Crippen LogP contribution in [0.4, 0.5) is 5.95 Å². The molecule has 1 amide bonds. The van der Waals surface area contributed by atoms with Gasteiger partial charge < -0.3 is 9.30 Å². The van der Waals surface area contributed by atoms with Crippen LogP contribution in [0, 0.1) is 13.8 Å². The molecule has 30 heavy (non-hydrogen) atoms.